The fraction of sp³-hybridized carbons (Fsp3) is 0.600. The van der Waals surface area contributed by atoms with Gasteiger partial charge in [0.25, 0.3) is 0 Å². The van der Waals surface area contributed by atoms with Gasteiger partial charge in [0.15, 0.2) is 0 Å². The zero-order chi connectivity index (χ0) is 19.9. The molecule has 4 fully saturated rings. The third kappa shape index (κ3) is 3.56. The maximum Gasteiger partial charge on any atom is 0.397 e. The number of nitrogens with one attached hydrogen (secondary N) is 1. The first kappa shape index (κ1) is 19.1. The molecule has 1 N–H and O–H groups in total. The summed E-state index contributed by atoms with van der Waals surface area (Å²) >= 11 is 0. The van der Waals surface area contributed by atoms with E-state index in [0.717, 1.165) is 24.9 Å². The van der Waals surface area contributed by atoms with Crippen LogP contribution < -0.4 is 5.32 Å². The Kier molecular flexibility index (Phi) is 4.75. The van der Waals surface area contributed by atoms with Gasteiger partial charge in [-0.2, -0.15) is 13.2 Å². The monoisotopic (exact) mass is 395 g/mol. The Morgan fingerprint density at radius 2 is 1.75 bits per heavy atom. The van der Waals surface area contributed by atoms with Gasteiger partial charge in [-0.15, -0.1) is 0 Å². The lowest BCUT2D eigenvalue weighted by atomic mass is 9.69. The van der Waals surface area contributed by atoms with E-state index in [1.807, 2.05) is 23.1 Å². The van der Waals surface area contributed by atoms with Crippen molar-refractivity contribution in [3.05, 3.63) is 35.9 Å². The molecular weight excluding hydrogens is 371 g/mol. The molecule has 1 aliphatic carbocycles. The highest BCUT2D eigenvalue weighted by Crippen LogP contribution is 2.56. The summed E-state index contributed by atoms with van der Waals surface area (Å²) in [4.78, 5) is 27.8. The van der Waals surface area contributed by atoms with E-state index in [-0.39, 0.29) is 30.7 Å². The molecule has 1 saturated carbocycles. The number of hydrogen-bond donors (Lipinski definition) is 1. The number of rotatable bonds is 3. The third-order valence-corrected chi connectivity index (χ3v) is 6.29. The third-order valence-electron chi connectivity index (χ3n) is 6.29. The van der Waals surface area contributed by atoms with Crippen LogP contribution in [-0.4, -0.2) is 53.6 Å². The molecule has 0 atom stereocenters. The van der Waals surface area contributed by atoms with Crippen molar-refractivity contribution in [2.75, 3.05) is 19.6 Å². The van der Waals surface area contributed by atoms with Gasteiger partial charge in [-0.05, 0) is 37.2 Å². The maximum absolute atomic E-state index is 12.9. The van der Waals surface area contributed by atoms with Crippen molar-refractivity contribution in [2.45, 2.75) is 49.9 Å². The average Bonchev–Trinajstić information content (AvgIpc) is 3.18. The first-order valence-electron chi connectivity index (χ1n) is 9.75. The van der Waals surface area contributed by atoms with Crippen molar-refractivity contribution in [1.29, 1.82) is 0 Å². The molecule has 0 unspecified atom stereocenters. The number of carbonyl (C=O) groups excluding carboxylic acids is 2. The SMILES string of the molecule is O=C(CC(F)(F)F)N1CCC(NC(=O)N2CC3CC2(c2ccccc2)C3)CC1. The molecule has 3 aliphatic heterocycles. The van der Waals surface area contributed by atoms with Gasteiger partial charge in [-0.25, -0.2) is 4.79 Å². The highest BCUT2D eigenvalue weighted by molar-refractivity contribution is 5.78. The molecule has 3 amide bonds. The van der Waals surface area contributed by atoms with Crippen LogP contribution in [0.1, 0.15) is 37.7 Å². The number of halogens is 3. The lowest BCUT2D eigenvalue weighted by molar-refractivity contribution is -0.162. The zero-order valence-corrected chi connectivity index (χ0v) is 15.5. The Morgan fingerprint density at radius 3 is 2.36 bits per heavy atom. The molecule has 1 aromatic rings. The number of carbonyl (C=O) groups is 2. The number of benzene rings is 1. The fourth-order valence-corrected chi connectivity index (χ4v) is 4.90. The topological polar surface area (TPSA) is 52.7 Å². The van der Waals surface area contributed by atoms with E-state index in [9.17, 15) is 22.8 Å². The van der Waals surface area contributed by atoms with Gasteiger partial charge in [-0.1, -0.05) is 30.3 Å². The van der Waals surface area contributed by atoms with Gasteiger partial charge in [0.2, 0.25) is 5.91 Å². The minimum Gasteiger partial charge on any atom is -0.342 e. The molecule has 2 bridgehead atoms. The van der Waals surface area contributed by atoms with Crippen LogP contribution in [0.2, 0.25) is 0 Å². The van der Waals surface area contributed by atoms with Crippen molar-refractivity contribution in [2.24, 2.45) is 5.92 Å². The summed E-state index contributed by atoms with van der Waals surface area (Å²) in [7, 11) is 0. The number of hydrogen-bond acceptors (Lipinski definition) is 2. The molecule has 5 rings (SSSR count). The molecule has 8 heteroatoms. The zero-order valence-electron chi connectivity index (χ0n) is 15.5. The maximum atomic E-state index is 12.9. The Morgan fingerprint density at radius 1 is 1.11 bits per heavy atom. The second-order valence-electron chi connectivity index (χ2n) is 8.18. The second kappa shape index (κ2) is 6.97. The van der Waals surface area contributed by atoms with E-state index < -0.39 is 18.5 Å². The minimum absolute atomic E-state index is 0.107. The summed E-state index contributed by atoms with van der Waals surface area (Å²) < 4.78 is 37.2. The van der Waals surface area contributed by atoms with Crippen molar-refractivity contribution < 1.29 is 22.8 Å². The molecule has 0 aromatic heterocycles. The van der Waals surface area contributed by atoms with Crippen LogP contribution in [0.5, 0.6) is 0 Å². The summed E-state index contributed by atoms with van der Waals surface area (Å²) in [5.74, 6) is -0.353. The lowest BCUT2D eigenvalue weighted by Crippen LogP contribution is -2.54. The molecular formula is C20H24F3N3O2. The molecule has 3 saturated heterocycles. The first-order chi connectivity index (χ1) is 13.3. The molecule has 5 nitrogen and oxygen atoms in total. The van der Waals surface area contributed by atoms with Gasteiger partial charge in [0, 0.05) is 25.7 Å². The van der Waals surface area contributed by atoms with Gasteiger partial charge < -0.3 is 15.1 Å². The van der Waals surface area contributed by atoms with Gasteiger partial charge in [0.1, 0.15) is 6.42 Å². The summed E-state index contributed by atoms with van der Waals surface area (Å²) in [6, 6.07) is 9.83. The molecule has 3 heterocycles. The Labute approximate surface area is 161 Å². The molecule has 1 aromatic carbocycles. The minimum atomic E-state index is -4.48. The number of likely N-dealkylation sites (tertiary alicyclic amines) is 1. The van der Waals surface area contributed by atoms with Gasteiger partial charge in [0.05, 0.1) is 5.54 Å². The Bertz CT molecular complexity index is 739. The van der Waals surface area contributed by atoms with Crippen LogP contribution in [0.4, 0.5) is 18.0 Å². The largest absolute Gasteiger partial charge is 0.397 e. The number of fused-ring (bicyclic) bond motifs is 1. The number of urea groups is 1. The number of amides is 3. The average molecular weight is 395 g/mol. The molecule has 4 aliphatic rings. The van der Waals surface area contributed by atoms with Crippen LogP contribution in [0.15, 0.2) is 30.3 Å². The van der Waals surface area contributed by atoms with Crippen LogP contribution in [-0.2, 0) is 10.3 Å². The highest BCUT2D eigenvalue weighted by atomic mass is 19.4. The van der Waals surface area contributed by atoms with E-state index in [1.54, 1.807) is 0 Å². The van der Waals surface area contributed by atoms with Crippen LogP contribution in [0, 0.1) is 5.92 Å². The summed E-state index contributed by atoms with van der Waals surface area (Å²) in [5.41, 5.74) is 0.936. The van der Waals surface area contributed by atoms with E-state index in [2.05, 4.69) is 17.4 Å². The first-order valence-corrected chi connectivity index (χ1v) is 9.75. The van der Waals surface area contributed by atoms with Crippen molar-refractivity contribution in [3.8, 4) is 0 Å². The van der Waals surface area contributed by atoms with Crippen molar-refractivity contribution in [3.63, 3.8) is 0 Å². The van der Waals surface area contributed by atoms with Crippen LogP contribution in [0.25, 0.3) is 0 Å². The number of nitrogens with zero attached hydrogens (tertiary/aromatic N) is 2. The summed E-state index contributed by atoms with van der Waals surface area (Å²) in [6.07, 6.45) is -2.98. The second-order valence-corrected chi connectivity index (χ2v) is 8.18. The molecule has 28 heavy (non-hydrogen) atoms. The van der Waals surface area contributed by atoms with E-state index >= 15 is 0 Å². The van der Waals surface area contributed by atoms with E-state index in [4.69, 9.17) is 0 Å². The summed E-state index contributed by atoms with van der Waals surface area (Å²) in [6.45, 7) is 1.22. The van der Waals surface area contributed by atoms with Crippen molar-refractivity contribution >= 4 is 11.9 Å². The van der Waals surface area contributed by atoms with Gasteiger partial charge >= 0.3 is 12.2 Å². The smallest absolute Gasteiger partial charge is 0.342 e. The number of piperidine rings is 1. The molecule has 0 spiro atoms. The number of alkyl halides is 3. The fourth-order valence-electron chi connectivity index (χ4n) is 4.90. The molecule has 152 valence electrons. The van der Waals surface area contributed by atoms with E-state index in [1.165, 1.54) is 4.90 Å². The predicted molar refractivity (Wildman–Crippen MR) is 96.4 cm³/mol. The highest BCUT2D eigenvalue weighted by Gasteiger charge is 2.58. The van der Waals surface area contributed by atoms with Crippen molar-refractivity contribution in [1.82, 2.24) is 15.1 Å². The lowest BCUT2D eigenvalue weighted by Gasteiger charge is -2.43. The summed E-state index contributed by atoms with van der Waals surface area (Å²) in [5, 5.41) is 3.05. The normalized spacial score (nSPS) is 27.5. The van der Waals surface area contributed by atoms with Gasteiger partial charge in [-0.3, -0.25) is 4.79 Å². The molecule has 0 radical (unpaired) electrons. The van der Waals surface area contributed by atoms with Crippen LogP contribution >= 0.6 is 0 Å². The Hall–Kier alpha value is -2.25. The Balaban J connectivity index is 1.32. The van der Waals surface area contributed by atoms with Crippen LogP contribution in [0.3, 0.4) is 0 Å². The predicted octanol–water partition coefficient (Wildman–Crippen LogP) is 3.26. The standard InChI is InChI=1S/C20H24F3N3O2/c21-20(22,23)12-17(27)25-8-6-16(7-9-25)24-18(28)26-13-14-10-19(26,11-14)15-4-2-1-3-5-15/h1-5,14,16H,6-13H2,(H,24,28). The quantitative estimate of drug-likeness (QED) is 0.854. The van der Waals surface area contributed by atoms with E-state index in [0.29, 0.717) is 18.8 Å².